The number of amides is 1. The highest BCUT2D eigenvalue weighted by Crippen LogP contribution is 2.20. The number of halogens is 2. The van der Waals surface area contributed by atoms with Gasteiger partial charge in [-0.3, -0.25) is 9.79 Å². The molecule has 1 aromatic carbocycles. The first-order chi connectivity index (χ1) is 13.2. The Bertz CT molecular complexity index is 664. The summed E-state index contributed by atoms with van der Waals surface area (Å²) in [6.45, 7) is 9.21. The lowest BCUT2D eigenvalue weighted by molar-refractivity contribution is -0.127. The number of hydrogen-bond acceptors (Lipinski definition) is 3. The van der Waals surface area contributed by atoms with Crippen LogP contribution in [0.3, 0.4) is 0 Å². The van der Waals surface area contributed by atoms with Gasteiger partial charge in [0.1, 0.15) is 0 Å². The van der Waals surface area contributed by atoms with Crippen molar-refractivity contribution in [2.75, 3.05) is 57.3 Å². The van der Waals surface area contributed by atoms with Gasteiger partial charge in [-0.1, -0.05) is 17.7 Å². The van der Waals surface area contributed by atoms with Crippen LogP contribution in [0.5, 0.6) is 0 Å². The van der Waals surface area contributed by atoms with Gasteiger partial charge in [0.25, 0.3) is 0 Å². The van der Waals surface area contributed by atoms with Gasteiger partial charge in [-0.25, -0.2) is 0 Å². The summed E-state index contributed by atoms with van der Waals surface area (Å²) in [6.07, 6.45) is 2.63. The third-order valence-electron chi connectivity index (χ3n) is 5.11. The molecule has 2 heterocycles. The van der Waals surface area contributed by atoms with Crippen LogP contribution < -0.4 is 10.2 Å². The molecule has 0 saturated carbocycles. The van der Waals surface area contributed by atoms with Gasteiger partial charge < -0.3 is 20.0 Å². The average molecular weight is 520 g/mol. The third-order valence-corrected chi connectivity index (χ3v) is 5.34. The third kappa shape index (κ3) is 6.40. The fourth-order valence-electron chi connectivity index (χ4n) is 3.66. The Morgan fingerprint density at radius 1 is 1.21 bits per heavy atom. The van der Waals surface area contributed by atoms with Gasteiger partial charge in [0, 0.05) is 69.5 Å². The zero-order valence-corrected chi connectivity index (χ0v) is 19.7. The standard InChI is InChI=1S/C20H30ClN5O.HI/c1-2-22-20(23-9-5-11-25-10-4-8-19(25)27)26-14-12-24(13-15-26)18-7-3-6-17(21)16-18;/h3,6-7,16H,2,4-5,8-15H2,1H3,(H,22,23);1H. The van der Waals surface area contributed by atoms with Crippen LogP contribution in [0.25, 0.3) is 0 Å². The molecule has 0 aromatic heterocycles. The molecule has 2 saturated heterocycles. The molecule has 3 rings (SSSR count). The SMILES string of the molecule is CCNC(=NCCCN1CCCC1=O)N1CCN(c2cccc(Cl)c2)CC1.I. The number of carbonyl (C=O) groups excluding carboxylic acids is 1. The van der Waals surface area contributed by atoms with E-state index >= 15 is 0 Å². The summed E-state index contributed by atoms with van der Waals surface area (Å²) in [5, 5.41) is 4.19. The Labute approximate surface area is 190 Å². The van der Waals surface area contributed by atoms with Gasteiger partial charge >= 0.3 is 0 Å². The summed E-state index contributed by atoms with van der Waals surface area (Å²) >= 11 is 6.12. The van der Waals surface area contributed by atoms with Gasteiger partial charge in [-0.05, 0) is 38.0 Å². The number of likely N-dealkylation sites (tertiary alicyclic amines) is 1. The maximum atomic E-state index is 11.7. The van der Waals surface area contributed by atoms with E-state index in [-0.39, 0.29) is 24.0 Å². The van der Waals surface area contributed by atoms with E-state index in [1.807, 2.05) is 23.1 Å². The van der Waals surface area contributed by atoms with Crippen molar-refractivity contribution in [3.8, 4) is 0 Å². The highest BCUT2D eigenvalue weighted by molar-refractivity contribution is 14.0. The highest BCUT2D eigenvalue weighted by Gasteiger charge is 2.21. The first-order valence-corrected chi connectivity index (χ1v) is 10.4. The minimum atomic E-state index is 0. The number of anilines is 1. The van der Waals surface area contributed by atoms with Gasteiger partial charge in [0.05, 0.1) is 0 Å². The molecule has 0 aliphatic carbocycles. The lowest BCUT2D eigenvalue weighted by Crippen LogP contribution is -2.52. The molecule has 0 radical (unpaired) electrons. The molecule has 0 bridgehead atoms. The lowest BCUT2D eigenvalue weighted by Gasteiger charge is -2.37. The minimum Gasteiger partial charge on any atom is -0.368 e. The predicted octanol–water partition coefficient (Wildman–Crippen LogP) is 3.06. The van der Waals surface area contributed by atoms with E-state index in [1.165, 1.54) is 5.69 Å². The zero-order valence-electron chi connectivity index (χ0n) is 16.6. The summed E-state index contributed by atoms with van der Waals surface area (Å²) in [5.74, 6) is 1.28. The van der Waals surface area contributed by atoms with Crippen LogP contribution in [-0.4, -0.2) is 74.0 Å². The Kier molecular flexibility index (Phi) is 9.64. The molecule has 8 heteroatoms. The Hall–Kier alpha value is -1.22. The van der Waals surface area contributed by atoms with Crippen molar-refractivity contribution < 1.29 is 4.79 Å². The highest BCUT2D eigenvalue weighted by atomic mass is 127. The molecule has 1 amide bonds. The maximum Gasteiger partial charge on any atom is 0.222 e. The van der Waals surface area contributed by atoms with Crippen LogP contribution in [0.2, 0.25) is 5.02 Å². The van der Waals surface area contributed by atoms with Crippen molar-refractivity contribution in [3.05, 3.63) is 29.3 Å². The lowest BCUT2D eigenvalue weighted by atomic mass is 10.2. The van der Waals surface area contributed by atoms with Crippen molar-refractivity contribution in [1.82, 2.24) is 15.1 Å². The van der Waals surface area contributed by atoms with E-state index in [4.69, 9.17) is 16.6 Å². The van der Waals surface area contributed by atoms with Gasteiger partial charge in [0.2, 0.25) is 5.91 Å². The smallest absolute Gasteiger partial charge is 0.222 e. The summed E-state index contributed by atoms with van der Waals surface area (Å²) in [5.41, 5.74) is 1.18. The van der Waals surface area contributed by atoms with Crippen molar-refractivity contribution >= 4 is 53.1 Å². The van der Waals surface area contributed by atoms with Crippen LogP contribution in [0.15, 0.2) is 29.3 Å². The molecule has 156 valence electrons. The fraction of sp³-hybridized carbons (Fsp3) is 0.600. The van der Waals surface area contributed by atoms with Gasteiger partial charge in [-0.2, -0.15) is 0 Å². The molecular weight excluding hydrogens is 489 g/mol. The van der Waals surface area contributed by atoms with Crippen LogP contribution >= 0.6 is 35.6 Å². The van der Waals surface area contributed by atoms with Crippen LogP contribution in [0, 0.1) is 0 Å². The first-order valence-electron chi connectivity index (χ1n) is 9.99. The van der Waals surface area contributed by atoms with E-state index in [2.05, 4.69) is 28.1 Å². The average Bonchev–Trinajstić information content (AvgIpc) is 3.09. The number of benzene rings is 1. The molecule has 1 aromatic rings. The van der Waals surface area contributed by atoms with E-state index in [1.54, 1.807) is 0 Å². The van der Waals surface area contributed by atoms with Crippen molar-refractivity contribution in [2.24, 2.45) is 4.99 Å². The van der Waals surface area contributed by atoms with Gasteiger partial charge in [-0.15, -0.1) is 24.0 Å². The zero-order chi connectivity index (χ0) is 19.1. The topological polar surface area (TPSA) is 51.2 Å². The summed E-state index contributed by atoms with van der Waals surface area (Å²) in [4.78, 5) is 23.1. The summed E-state index contributed by atoms with van der Waals surface area (Å²) < 4.78 is 0. The molecule has 2 aliphatic rings. The first kappa shape index (κ1) is 23.1. The Balaban J connectivity index is 0.00000280. The molecule has 0 spiro atoms. The summed E-state index contributed by atoms with van der Waals surface area (Å²) in [6, 6.07) is 8.05. The molecule has 6 nitrogen and oxygen atoms in total. The minimum absolute atomic E-state index is 0. The molecular formula is C20H31ClIN5O. The molecule has 0 atom stereocenters. The van der Waals surface area contributed by atoms with Crippen LogP contribution in [0.1, 0.15) is 26.2 Å². The quantitative estimate of drug-likeness (QED) is 0.272. The van der Waals surface area contributed by atoms with E-state index in [9.17, 15) is 4.79 Å². The number of guanidine groups is 1. The number of rotatable bonds is 6. The second-order valence-electron chi connectivity index (χ2n) is 7.03. The summed E-state index contributed by atoms with van der Waals surface area (Å²) in [7, 11) is 0. The van der Waals surface area contributed by atoms with Gasteiger partial charge in [0.15, 0.2) is 5.96 Å². The predicted molar refractivity (Wildman–Crippen MR) is 127 cm³/mol. The molecule has 2 fully saturated rings. The van der Waals surface area contributed by atoms with Crippen molar-refractivity contribution in [3.63, 3.8) is 0 Å². The normalized spacial score (nSPS) is 17.7. The van der Waals surface area contributed by atoms with E-state index < -0.39 is 0 Å². The molecule has 0 unspecified atom stereocenters. The number of aliphatic imine (C=N–C) groups is 1. The van der Waals surface area contributed by atoms with Crippen LogP contribution in [0.4, 0.5) is 5.69 Å². The van der Waals surface area contributed by atoms with Crippen molar-refractivity contribution in [1.29, 1.82) is 0 Å². The number of nitrogens with one attached hydrogen (secondary N) is 1. The van der Waals surface area contributed by atoms with Crippen LogP contribution in [-0.2, 0) is 4.79 Å². The molecule has 1 N–H and O–H groups in total. The number of carbonyl (C=O) groups is 1. The van der Waals surface area contributed by atoms with Crippen molar-refractivity contribution in [2.45, 2.75) is 26.2 Å². The second-order valence-corrected chi connectivity index (χ2v) is 7.46. The maximum absolute atomic E-state index is 11.7. The molecule has 28 heavy (non-hydrogen) atoms. The largest absolute Gasteiger partial charge is 0.368 e. The number of hydrogen-bond donors (Lipinski definition) is 1. The number of piperazine rings is 1. The van der Waals surface area contributed by atoms with E-state index in [0.717, 1.165) is 76.2 Å². The monoisotopic (exact) mass is 519 g/mol. The second kappa shape index (κ2) is 11.7. The van der Waals surface area contributed by atoms with E-state index in [0.29, 0.717) is 12.3 Å². The molecule has 2 aliphatic heterocycles. The Morgan fingerprint density at radius 3 is 2.64 bits per heavy atom. The fourth-order valence-corrected chi connectivity index (χ4v) is 3.85. The Morgan fingerprint density at radius 2 is 2.00 bits per heavy atom. The number of nitrogens with zero attached hydrogens (tertiary/aromatic N) is 4.